The molecule has 108 valence electrons. The van der Waals surface area contributed by atoms with Gasteiger partial charge in [0, 0.05) is 0 Å². The van der Waals surface area contributed by atoms with Gasteiger partial charge in [-0.3, -0.25) is 4.79 Å². The number of carboxylic acid groups (broad SMARTS) is 1. The minimum atomic E-state index is -1.02. The second kappa shape index (κ2) is 7.83. The molecule has 0 saturated heterocycles. The van der Waals surface area contributed by atoms with Gasteiger partial charge in [-0.15, -0.1) is 0 Å². The van der Waals surface area contributed by atoms with Gasteiger partial charge < -0.3 is 19.9 Å². The van der Waals surface area contributed by atoms with Crippen LogP contribution in [-0.2, 0) is 9.53 Å². The average molecular weight is 279 g/mol. The molecule has 1 amide bonds. The number of aliphatic carboxylic acids is 1. The summed E-state index contributed by atoms with van der Waals surface area (Å²) in [7, 11) is 1.54. The van der Waals surface area contributed by atoms with Gasteiger partial charge in [-0.1, -0.05) is 24.8 Å². The molecular weight excluding hydrogens is 262 g/mol. The Balaban J connectivity index is 2.78. The molecule has 6 nitrogen and oxygen atoms in total. The number of carboxylic acids is 1. The van der Waals surface area contributed by atoms with Gasteiger partial charge in [-0.25, -0.2) is 4.79 Å². The van der Waals surface area contributed by atoms with Gasteiger partial charge in [0.25, 0.3) is 0 Å². The van der Waals surface area contributed by atoms with E-state index >= 15 is 0 Å². The molecule has 0 heterocycles. The molecule has 1 aromatic carbocycles. The van der Waals surface area contributed by atoms with Crippen molar-refractivity contribution in [2.75, 3.05) is 13.7 Å². The highest BCUT2D eigenvalue weighted by molar-refractivity contribution is 5.72. The molecule has 0 aliphatic carbocycles. The van der Waals surface area contributed by atoms with Crippen LogP contribution >= 0.6 is 0 Å². The normalized spacial score (nSPS) is 11.2. The Morgan fingerprint density at radius 1 is 1.40 bits per heavy atom. The van der Waals surface area contributed by atoms with Crippen molar-refractivity contribution in [3.05, 3.63) is 42.5 Å². The zero-order chi connectivity index (χ0) is 15.0. The molecule has 0 unspecified atom stereocenters. The van der Waals surface area contributed by atoms with Gasteiger partial charge in [0.2, 0.25) is 0 Å². The summed E-state index contributed by atoms with van der Waals surface area (Å²) in [6.07, 6.45) is 0.501. The van der Waals surface area contributed by atoms with Crippen LogP contribution in [-0.4, -0.2) is 30.9 Å². The smallest absolute Gasteiger partial charge is 0.407 e. The SMILES string of the molecule is C=CCOC(=O)N[C@H](CC(=O)O)c1ccc(OC)cc1. The molecule has 1 aromatic rings. The number of carbonyl (C=O) groups excluding carboxylic acids is 1. The summed E-state index contributed by atoms with van der Waals surface area (Å²) in [4.78, 5) is 22.4. The van der Waals surface area contributed by atoms with Gasteiger partial charge in [-0.2, -0.15) is 0 Å². The van der Waals surface area contributed by atoms with Gasteiger partial charge in [0.15, 0.2) is 0 Å². The van der Waals surface area contributed by atoms with E-state index in [4.69, 9.17) is 14.6 Å². The quantitative estimate of drug-likeness (QED) is 0.747. The number of ether oxygens (including phenoxy) is 2. The van der Waals surface area contributed by atoms with Crippen molar-refractivity contribution in [3.8, 4) is 5.75 Å². The molecule has 0 fully saturated rings. The summed E-state index contributed by atoms with van der Waals surface area (Å²) in [5.74, 6) is -0.369. The molecule has 0 aliphatic rings. The molecule has 0 aromatic heterocycles. The predicted octanol–water partition coefficient (Wildman–Crippen LogP) is 2.12. The fourth-order valence-corrected chi connectivity index (χ4v) is 1.58. The Morgan fingerprint density at radius 3 is 2.55 bits per heavy atom. The molecule has 20 heavy (non-hydrogen) atoms. The first-order valence-electron chi connectivity index (χ1n) is 5.96. The standard InChI is InChI=1S/C14H17NO5/c1-3-8-20-14(18)15-12(9-13(16)17)10-4-6-11(19-2)7-5-10/h3-7,12H,1,8-9H2,2H3,(H,15,18)(H,16,17)/t12-/m1/s1. The molecular formula is C14H17NO5. The van der Waals surface area contributed by atoms with E-state index in [0.29, 0.717) is 11.3 Å². The van der Waals surface area contributed by atoms with Gasteiger partial charge in [0.1, 0.15) is 12.4 Å². The fourth-order valence-electron chi connectivity index (χ4n) is 1.58. The van der Waals surface area contributed by atoms with Crippen LogP contribution in [0.15, 0.2) is 36.9 Å². The highest BCUT2D eigenvalue weighted by Gasteiger charge is 2.18. The minimum Gasteiger partial charge on any atom is -0.497 e. The number of amides is 1. The van der Waals surface area contributed by atoms with Crippen LogP contribution in [0.5, 0.6) is 5.75 Å². The molecule has 1 atom stereocenters. The zero-order valence-electron chi connectivity index (χ0n) is 11.2. The third-order valence-corrected chi connectivity index (χ3v) is 2.52. The van der Waals surface area contributed by atoms with Crippen molar-refractivity contribution in [3.63, 3.8) is 0 Å². The van der Waals surface area contributed by atoms with E-state index in [2.05, 4.69) is 11.9 Å². The average Bonchev–Trinajstić information content (AvgIpc) is 2.44. The van der Waals surface area contributed by atoms with Crippen molar-refractivity contribution in [1.82, 2.24) is 5.32 Å². The molecule has 0 radical (unpaired) electrons. The predicted molar refractivity (Wildman–Crippen MR) is 72.7 cm³/mol. The summed E-state index contributed by atoms with van der Waals surface area (Å²) in [6, 6.07) is 6.11. The Kier molecular flexibility index (Phi) is 6.09. The number of methoxy groups -OCH3 is 1. The number of carbonyl (C=O) groups is 2. The fraction of sp³-hybridized carbons (Fsp3) is 0.286. The van der Waals surface area contributed by atoms with E-state index in [9.17, 15) is 9.59 Å². The Labute approximate surface area is 117 Å². The van der Waals surface area contributed by atoms with E-state index in [1.54, 1.807) is 24.3 Å². The number of nitrogens with one attached hydrogen (secondary N) is 1. The Morgan fingerprint density at radius 2 is 2.05 bits per heavy atom. The van der Waals surface area contributed by atoms with E-state index in [-0.39, 0.29) is 13.0 Å². The lowest BCUT2D eigenvalue weighted by Crippen LogP contribution is -2.30. The summed E-state index contributed by atoms with van der Waals surface area (Å²) >= 11 is 0. The van der Waals surface area contributed by atoms with Crippen LogP contribution in [0.4, 0.5) is 4.79 Å². The number of rotatable bonds is 7. The minimum absolute atomic E-state index is 0.0637. The number of hydrogen-bond donors (Lipinski definition) is 2. The maximum Gasteiger partial charge on any atom is 0.407 e. The number of benzene rings is 1. The van der Waals surface area contributed by atoms with E-state index in [1.807, 2.05) is 0 Å². The number of alkyl carbamates (subject to hydrolysis) is 1. The molecule has 0 bridgehead atoms. The summed E-state index contributed by atoms with van der Waals surface area (Å²) in [5.41, 5.74) is 0.656. The maximum atomic E-state index is 11.5. The molecule has 6 heteroatoms. The topological polar surface area (TPSA) is 84.9 Å². The van der Waals surface area contributed by atoms with Crippen LogP contribution in [0.3, 0.4) is 0 Å². The Hall–Kier alpha value is -2.50. The summed E-state index contributed by atoms with van der Waals surface area (Å²) in [5, 5.41) is 11.4. The van der Waals surface area contributed by atoms with Crippen LogP contribution in [0.1, 0.15) is 18.0 Å². The molecule has 0 spiro atoms. The van der Waals surface area contributed by atoms with Crippen LogP contribution < -0.4 is 10.1 Å². The second-order valence-electron chi connectivity index (χ2n) is 3.96. The maximum absolute atomic E-state index is 11.5. The summed E-state index contributed by atoms with van der Waals surface area (Å²) < 4.78 is 9.81. The van der Waals surface area contributed by atoms with Crippen molar-refractivity contribution < 1.29 is 24.2 Å². The van der Waals surface area contributed by atoms with Crippen molar-refractivity contribution in [2.24, 2.45) is 0 Å². The molecule has 1 rings (SSSR count). The van der Waals surface area contributed by atoms with E-state index < -0.39 is 18.1 Å². The zero-order valence-corrected chi connectivity index (χ0v) is 11.2. The number of hydrogen-bond acceptors (Lipinski definition) is 4. The van der Waals surface area contributed by atoms with Gasteiger partial charge >= 0.3 is 12.1 Å². The van der Waals surface area contributed by atoms with Crippen LogP contribution in [0, 0.1) is 0 Å². The lowest BCUT2D eigenvalue weighted by Gasteiger charge is -2.17. The monoisotopic (exact) mass is 279 g/mol. The third kappa shape index (κ3) is 5.01. The van der Waals surface area contributed by atoms with Crippen LogP contribution in [0.25, 0.3) is 0 Å². The highest BCUT2D eigenvalue weighted by atomic mass is 16.5. The van der Waals surface area contributed by atoms with Crippen LogP contribution in [0.2, 0.25) is 0 Å². The van der Waals surface area contributed by atoms with Crippen molar-refractivity contribution in [1.29, 1.82) is 0 Å². The largest absolute Gasteiger partial charge is 0.497 e. The lowest BCUT2D eigenvalue weighted by molar-refractivity contribution is -0.137. The molecule has 2 N–H and O–H groups in total. The Bertz CT molecular complexity index is 469. The molecule has 0 aliphatic heterocycles. The molecule has 0 saturated carbocycles. The first-order valence-corrected chi connectivity index (χ1v) is 5.96. The first-order chi connectivity index (χ1) is 9.56. The summed E-state index contributed by atoms with van der Waals surface area (Å²) in [6.45, 7) is 3.49. The lowest BCUT2D eigenvalue weighted by atomic mass is 10.0. The van der Waals surface area contributed by atoms with E-state index in [1.165, 1.54) is 13.2 Å². The first kappa shape index (κ1) is 15.6. The second-order valence-corrected chi connectivity index (χ2v) is 3.96. The highest BCUT2D eigenvalue weighted by Crippen LogP contribution is 2.20. The van der Waals surface area contributed by atoms with Crippen molar-refractivity contribution >= 4 is 12.1 Å². The van der Waals surface area contributed by atoms with Crippen molar-refractivity contribution in [2.45, 2.75) is 12.5 Å². The van der Waals surface area contributed by atoms with Gasteiger partial charge in [-0.05, 0) is 17.7 Å². The van der Waals surface area contributed by atoms with E-state index in [0.717, 1.165) is 0 Å². The van der Waals surface area contributed by atoms with Gasteiger partial charge in [0.05, 0.1) is 19.6 Å². The third-order valence-electron chi connectivity index (χ3n) is 2.52.